The van der Waals surface area contributed by atoms with Crippen LogP contribution in [0.2, 0.25) is 0 Å². The van der Waals surface area contributed by atoms with Gasteiger partial charge in [-0.1, -0.05) is 12.1 Å². The van der Waals surface area contributed by atoms with Gasteiger partial charge in [-0.3, -0.25) is 86.0 Å². The molecule has 5 aromatic heterocycles. The fourth-order valence-electron chi connectivity index (χ4n) is 13.5. The highest BCUT2D eigenvalue weighted by molar-refractivity contribution is 5.94. The molecule has 0 unspecified atom stereocenters. The summed E-state index contributed by atoms with van der Waals surface area (Å²) in [7, 11) is 0. The van der Waals surface area contributed by atoms with E-state index in [-0.39, 0.29) is 84.5 Å². The van der Waals surface area contributed by atoms with Crippen molar-refractivity contribution in [3.63, 3.8) is 0 Å². The van der Waals surface area contributed by atoms with Gasteiger partial charge in [0.05, 0.1) is 17.8 Å². The van der Waals surface area contributed by atoms with Crippen molar-refractivity contribution in [3.8, 4) is 11.1 Å². The van der Waals surface area contributed by atoms with E-state index in [4.69, 9.17) is 20.3 Å². The van der Waals surface area contributed by atoms with Gasteiger partial charge in [0.25, 0.3) is 28.1 Å². The van der Waals surface area contributed by atoms with Gasteiger partial charge in [-0.25, -0.2) is 13.2 Å². The van der Waals surface area contributed by atoms with Crippen molar-refractivity contribution in [3.05, 3.63) is 175 Å². The first-order valence-corrected chi connectivity index (χ1v) is 33.4. The molecule has 0 bridgehead atoms. The molecule has 1 amide bonds. The topological polar surface area (TPSA) is 282 Å². The van der Waals surface area contributed by atoms with Gasteiger partial charge in [0.1, 0.15) is 48.3 Å². The Bertz CT molecular complexity index is 4230. The number of pyridine rings is 1. The molecular weight excluding hydrogens is 1240 g/mol. The van der Waals surface area contributed by atoms with Crippen LogP contribution in [-0.2, 0) is 132 Å². The SMILES string of the molecule is CC(C)(C)OC(=O)Cn1[nH]c(=O)c2c1CCCC2.CCn1c(=O)c2c(n1CC(=O)C[C@@H](Cc1cc(F)cc(F)c1)c1ncccc1-c1ccc(F)c(C(N)=O)c1)CCCC2.CCn1c(=O)c2c(n1CC(=O)O)CCCC2.CCn1c(=O)c2c(n1CC(=O)OC(C)(C)C)CCCC2. The number of ketones is 1. The molecule has 0 spiro atoms. The van der Waals surface area contributed by atoms with Crippen LogP contribution in [0.5, 0.6) is 0 Å². The molecule has 0 radical (unpaired) electrons. The Kier molecular flexibility index (Phi) is 24.0. The Hall–Kier alpha value is -9.03. The minimum atomic E-state index is -0.932. The fraction of sp³-hybridized carbons (Fsp3) is 0.521. The Labute approximate surface area is 555 Å². The van der Waals surface area contributed by atoms with E-state index in [1.54, 1.807) is 40.2 Å². The Morgan fingerprint density at radius 3 is 1.49 bits per heavy atom. The second-order valence-electron chi connectivity index (χ2n) is 26.8. The maximum absolute atomic E-state index is 14.3. The van der Waals surface area contributed by atoms with Crippen molar-refractivity contribution < 1.29 is 51.7 Å². The van der Waals surface area contributed by atoms with Gasteiger partial charge in [-0.2, -0.15) is 0 Å². The van der Waals surface area contributed by atoms with Gasteiger partial charge in [0.15, 0.2) is 5.78 Å². The molecule has 2 aromatic carbocycles. The third-order valence-electron chi connectivity index (χ3n) is 17.4. The number of esters is 2. The minimum absolute atomic E-state index is 0.00144. The van der Waals surface area contributed by atoms with Gasteiger partial charge < -0.3 is 20.3 Å². The number of benzene rings is 2. The average Bonchev–Trinajstić information content (AvgIpc) is 1.60. The van der Waals surface area contributed by atoms with Crippen LogP contribution in [0.15, 0.2) is 73.9 Å². The number of aliphatic carboxylic acids is 1. The molecule has 4 aliphatic carbocycles. The van der Waals surface area contributed by atoms with Crippen LogP contribution in [0.25, 0.3) is 11.1 Å². The molecule has 1 atom stereocenters. The summed E-state index contributed by atoms with van der Waals surface area (Å²) in [6.45, 7) is 18.3. The standard InChI is InChI=1S/C32H31F3N4O3.C15H24N2O3.C13H20N2O3.C11H16N2O3/c1-2-38-32(42)26-6-3-4-8-29(26)39(38)18-24(40)15-21(12-19-13-22(33)17-23(34)14-19)30-25(7-5-11-37-30)20-9-10-28(35)27(16-20)31(36)41;1-5-16-14(19)11-8-6-7-9-12(11)17(16)10-13(18)20-15(2,3)4;1-13(2,3)18-11(16)8-15-10-7-5-4-6-9(10)12(17)14-15;1-2-12-11(16)8-5-3-4-6-9(8)13(12)7-10(14)15/h5,7,9-11,13-14,16-17,21H,2-4,6,8,12,15,18H2,1H3,(H2,36,41);5-10H2,1-4H3;4-8H2,1-3H3,(H,14,17);2-7H2,1H3,(H,14,15)/t21-;;;/m1.../s1. The van der Waals surface area contributed by atoms with Gasteiger partial charge >= 0.3 is 17.9 Å². The van der Waals surface area contributed by atoms with E-state index in [9.17, 15) is 56.3 Å². The quantitative estimate of drug-likeness (QED) is 0.0677. The van der Waals surface area contributed by atoms with Crippen molar-refractivity contribution in [2.75, 3.05) is 0 Å². The van der Waals surface area contributed by atoms with Crippen molar-refractivity contribution in [2.24, 2.45) is 5.73 Å². The molecule has 0 aliphatic heterocycles. The summed E-state index contributed by atoms with van der Waals surface area (Å²) >= 11 is 0. The van der Waals surface area contributed by atoms with Crippen LogP contribution < -0.4 is 28.0 Å². The van der Waals surface area contributed by atoms with Crippen LogP contribution in [0, 0.1) is 17.5 Å². The number of amides is 1. The first kappa shape index (κ1) is 72.8. The number of carboxylic acid groups (broad SMARTS) is 1. The number of fused-ring (bicyclic) bond motifs is 4. The summed E-state index contributed by atoms with van der Waals surface area (Å²) in [5.74, 6) is -5.51. The predicted molar refractivity (Wildman–Crippen MR) is 355 cm³/mol. The lowest BCUT2D eigenvalue weighted by Gasteiger charge is -2.21. The molecule has 4 aliphatic rings. The summed E-state index contributed by atoms with van der Waals surface area (Å²) < 4.78 is 64.9. The maximum atomic E-state index is 14.3. The second kappa shape index (κ2) is 31.7. The number of Topliss-reactive ketones (excluding diaryl/α,β-unsaturated/α-hetero) is 1. The number of halogens is 3. The molecule has 5 heterocycles. The number of hydrogen-bond acceptors (Lipinski definition) is 12. The number of carbonyl (C=O) groups is 5. The number of ether oxygens (including phenoxy) is 2. The number of rotatable bonds is 18. The number of carboxylic acids is 1. The van der Waals surface area contributed by atoms with E-state index in [0.717, 1.165) is 147 Å². The molecular formula is C71H91F3N10O12. The van der Waals surface area contributed by atoms with Crippen LogP contribution in [0.4, 0.5) is 13.2 Å². The number of nitrogens with two attached hydrogens (primary N) is 1. The normalized spacial score (nSPS) is 14.4. The predicted octanol–water partition coefficient (Wildman–Crippen LogP) is 9.03. The summed E-state index contributed by atoms with van der Waals surface area (Å²) in [5.41, 5.74) is 12.9. The number of carbonyl (C=O) groups excluding carboxylic acids is 4. The van der Waals surface area contributed by atoms with Crippen molar-refractivity contribution in [1.29, 1.82) is 0 Å². The zero-order valence-corrected chi connectivity index (χ0v) is 56.7. The Balaban J connectivity index is 0.000000181. The molecule has 4 N–H and O–H groups in total. The van der Waals surface area contributed by atoms with E-state index in [2.05, 4.69) is 10.1 Å². The van der Waals surface area contributed by atoms with Gasteiger partial charge in [0.2, 0.25) is 0 Å². The molecule has 96 heavy (non-hydrogen) atoms. The molecule has 25 heteroatoms. The second-order valence-corrected chi connectivity index (χ2v) is 26.8. The number of primary amides is 1. The van der Waals surface area contributed by atoms with Crippen LogP contribution in [0.3, 0.4) is 0 Å². The number of nitrogens with zero attached hydrogens (tertiary/aromatic N) is 8. The van der Waals surface area contributed by atoms with E-state index in [1.807, 2.05) is 67.0 Å². The van der Waals surface area contributed by atoms with E-state index in [1.165, 1.54) is 30.5 Å². The summed E-state index contributed by atoms with van der Waals surface area (Å²) in [4.78, 5) is 114. The smallest absolute Gasteiger partial charge is 0.328 e. The first-order chi connectivity index (χ1) is 45.5. The number of hydrogen-bond donors (Lipinski definition) is 3. The molecule has 0 saturated carbocycles. The van der Waals surface area contributed by atoms with Crippen molar-refractivity contribution >= 4 is 29.6 Å². The van der Waals surface area contributed by atoms with Gasteiger partial charge in [-0.05, 0) is 213 Å². The largest absolute Gasteiger partial charge is 0.480 e. The minimum Gasteiger partial charge on any atom is -0.480 e. The Morgan fingerprint density at radius 2 is 1.02 bits per heavy atom. The maximum Gasteiger partial charge on any atom is 0.328 e. The van der Waals surface area contributed by atoms with E-state index >= 15 is 0 Å². The lowest BCUT2D eigenvalue weighted by molar-refractivity contribution is -0.157. The lowest BCUT2D eigenvalue weighted by atomic mass is 9.86. The summed E-state index contributed by atoms with van der Waals surface area (Å²) in [5, 5.41) is 11.6. The lowest BCUT2D eigenvalue weighted by Crippen LogP contribution is -2.30. The van der Waals surface area contributed by atoms with Gasteiger partial charge in [-0.15, -0.1) is 0 Å². The van der Waals surface area contributed by atoms with Crippen LogP contribution >= 0.6 is 0 Å². The highest BCUT2D eigenvalue weighted by Gasteiger charge is 2.30. The average molecular weight is 1330 g/mol. The summed E-state index contributed by atoms with van der Waals surface area (Å²) in [6, 6.07) is 10.5. The van der Waals surface area contributed by atoms with Crippen LogP contribution in [-0.4, -0.2) is 88.8 Å². The fourth-order valence-corrected chi connectivity index (χ4v) is 13.5. The number of nitrogens with one attached hydrogen (secondary N) is 1. The van der Waals surface area contributed by atoms with E-state index in [0.29, 0.717) is 54.9 Å². The zero-order chi connectivity index (χ0) is 69.9. The molecule has 518 valence electrons. The van der Waals surface area contributed by atoms with Crippen molar-refractivity contribution in [1.82, 2.24) is 42.9 Å². The van der Waals surface area contributed by atoms with E-state index < -0.39 is 46.4 Å². The highest BCUT2D eigenvalue weighted by atomic mass is 19.1. The van der Waals surface area contributed by atoms with Crippen LogP contribution in [0.1, 0.15) is 193 Å². The third-order valence-corrected chi connectivity index (χ3v) is 17.4. The first-order valence-electron chi connectivity index (χ1n) is 33.4. The number of aromatic amines is 1. The zero-order valence-electron chi connectivity index (χ0n) is 56.7. The van der Waals surface area contributed by atoms with Crippen molar-refractivity contribution in [2.45, 2.75) is 241 Å². The summed E-state index contributed by atoms with van der Waals surface area (Å²) in [6.07, 6.45) is 16.2. The highest BCUT2D eigenvalue weighted by Crippen LogP contribution is 2.34. The molecule has 0 fully saturated rings. The molecule has 11 rings (SSSR count). The molecule has 22 nitrogen and oxygen atoms in total. The third kappa shape index (κ3) is 17.9. The monoisotopic (exact) mass is 1330 g/mol. The molecule has 0 saturated heterocycles. The number of aromatic nitrogens is 9. The Morgan fingerprint density at radius 1 is 0.573 bits per heavy atom. The van der Waals surface area contributed by atoms with Gasteiger partial charge in [0, 0.05) is 94.8 Å². The number of H-pyrrole nitrogens is 1. The molecule has 7 aromatic rings.